The van der Waals surface area contributed by atoms with Gasteiger partial charge in [-0.25, -0.2) is 4.39 Å². The number of hydrogen-bond donors (Lipinski definition) is 1. The summed E-state index contributed by atoms with van der Waals surface area (Å²) in [4.78, 5) is 4.09. The number of nitrogens with two attached hydrogens (primary N) is 1. The Morgan fingerprint density at radius 3 is 2.94 bits per heavy atom. The SMILES string of the molecule is NCCc1noc(Cc2c(F)cccc2Cl)n1. The molecule has 1 heterocycles. The fourth-order valence-corrected chi connectivity index (χ4v) is 1.67. The lowest BCUT2D eigenvalue weighted by molar-refractivity contribution is 0.378. The number of aromatic nitrogens is 2. The summed E-state index contributed by atoms with van der Waals surface area (Å²) in [6.07, 6.45) is 0.720. The molecule has 0 amide bonds. The predicted octanol–water partition coefficient (Wildman–Crippen LogP) is 1.95. The van der Waals surface area contributed by atoms with Crippen LogP contribution in [-0.2, 0) is 12.8 Å². The van der Waals surface area contributed by atoms with E-state index in [0.717, 1.165) is 0 Å². The molecule has 0 aliphatic carbocycles. The van der Waals surface area contributed by atoms with Gasteiger partial charge in [0.25, 0.3) is 0 Å². The van der Waals surface area contributed by atoms with Gasteiger partial charge in [-0.3, -0.25) is 0 Å². The van der Waals surface area contributed by atoms with E-state index in [-0.39, 0.29) is 12.2 Å². The summed E-state index contributed by atoms with van der Waals surface area (Å²) in [5, 5.41) is 4.08. The van der Waals surface area contributed by atoms with E-state index in [4.69, 9.17) is 21.9 Å². The Labute approximate surface area is 103 Å². The van der Waals surface area contributed by atoms with Gasteiger partial charge in [0.1, 0.15) is 5.82 Å². The highest BCUT2D eigenvalue weighted by atomic mass is 35.5. The summed E-state index contributed by atoms with van der Waals surface area (Å²) in [5.41, 5.74) is 5.73. The normalized spacial score (nSPS) is 10.8. The second-order valence-corrected chi connectivity index (χ2v) is 3.93. The molecule has 2 aromatic rings. The van der Waals surface area contributed by atoms with Gasteiger partial charge in [0.2, 0.25) is 5.89 Å². The van der Waals surface area contributed by atoms with Crippen molar-refractivity contribution >= 4 is 11.6 Å². The molecule has 0 bridgehead atoms. The molecule has 0 spiro atoms. The van der Waals surface area contributed by atoms with Crippen LogP contribution >= 0.6 is 11.6 Å². The largest absolute Gasteiger partial charge is 0.339 e. The van der Waals surface area contributed by atoms with Gasteiger partial charge in [-0.1, -0.05) is 22.8 Å². The van der Waals surface area contributed by atoms with Crippen molar-refractivity contribution in [1.82, 2.24) is 10.1 Å². The van der Waals surface area contributed by atoms with Crippen LogP contribution in [-0.4, -0.2) is 16.7 Å². The van der Waals surface area contributed by atoms with Crippen LogP contribution in [0.2, 0.25) is 5.02 Å². The molecular formula is C11H11ClFN3O. The van der Waals surface area contributed by atoms with Gasteiger partial charge in [0, 0.05) is 17.0 Å². The van der Waals surface area contributed by atoms with Gasteiger partial charge in [0.15, 0.2) is 5.82 Å². The summed E-state index contributed by atoms with van der Waals surface area (Å²) in [5.74, 6) is 0.478. The van der Waals surface area contributed by atoms with Crippen LogP contribution in [0.1, 0.15) is 17.3 Å². The Morgan fingerprint density at radius 1 is 1.41 bits per heavy atom. The van der Waals surface area contributed by atoms with Gasteiger partial charge < -0.3 is 10.3 Å². The van der Waals surface area contributed by atoms with E-state index in [0.29, 0.717) is 35.3 Å². The van der Waals surface area contributed by atoms with Gasteiger partial charge in [-0.05, 0) is 18.7 Å². The van der Waals surface area contributed by atoms with Crippen LogP contribution in [0.5, 0.6) is 0 Å². The molecule has 17 heavy (non-hydrogen) atoms. The maximum absolute atomic E-state index is 13.5. The molecule has 0 unspecified atom stereocenters. The minimum Gasteiger partial charge on any atom is -0.339 e. The quantitative estimate of drug-likeness (QED) is 0.907. The Kier molecular flexibility index (Phi) is 3.71. The highest BCUT2D eigenvalue weighted by Crippen LogP contribution is 2.21. The molecule has 90 valence electrons. The standard InChI is InChI=1S/C11H11ClFN3O/c12-8-2-1-3-9(13)7(8)6-11-15-10(4-5-14)16-17-11/h1-3H,4-6,14H2. The van der Waals surface area contributed by atoms with Crippen LogP contribution in [0.3, 0.4) is 0 Å². The molecule has 6 heteroatoms. The first-order chi connectivity index (χ1) is 8.20. The van der Waals surface area contributed by atoms with Crippen molar-refractivity contribution in [2.75, 3.05) is 6.54 Å². The van der Waals surface area contributed by atoms with E-state index in [1.807, 2.05) is 0 Å². The zero-order valence-corrected chi connectivity index (χ0v) is 9.75. The van der Waals surface area contributed by atoms with Crippen molar-refractivity contribution in [3.63, 3.8) is 0 Å². The molecule has 4 nitrogen and oxygen atoms in total. The molecule has 1 aromatic heterocycles. The van der Waals surface area contributed by atoms with Crippen molar-refractivity contribution in [2.24, 2.45) is 5.73 Å². The van der Waals surface area contributed by atoms with E-state index in [2.05, 4.69) is 10.1 Å². The molecular weight excluding hydrogens is 245 g/mol. The molecule has 0 atom stereocenters. The maximum atomic E-state index is 13.5. The lowest BCUT2D eigenvalue weighted by Crippen LogP contribution is -2.04. The van der Waals surface area contributed by atoms with Crippen molar-refractivity contribution < 1.29 is 8.91 Å². The fraction of sp³-hybridized carbons (Fsp3) is 0.273. The highest BCUT2D eigenvalue weighted by molar-refractivity contribution is 6.31. The number of benzene rings is 1. The Hall–Kier alpha value is -1.46. The van der Waals surface area contributed by atoms with Crippen molar-refractivity contribution in [1.29, 1.82) is 0 Å². The summed E-state index contributed by atoms with van der Waals surface area (Å²) in [6, 6.07) is 4.52. The van der Waals surface area contributed by atoms with Crippen LogP contribution in [0.25, 0.3) is 0 Å². The predicted molar refractivity (Wildman–Crippen MR) is 61.3 cm³/mol. The fourth-order valence-electron chi connectivity index (χ4n) is 1.45. The number of hydrogen-bond acceptors (Lipinski definition) is 4. The van der Waals surface area contributed by atoms with Gasteiger partial charge in [-0.2, -0.15) is 4.98 Å². The molecule has 0 saturated heterocycles. The van der Waals surface area contributed by atoms with Gasteiger partial charge in [-0.15, -0.1) is 0 Å². The number of rotatable bonds is 4. The Balaban J connectivity index is 2.19. The second-order valence-electron chi connectivity index (χ2n) is 3.52. The third kappa shape index (κ3) is 2.81. The van der Waals surface area contributed by atoms with Crippen LogP contribution < -0.4 is 5.73 Å². The minimum absolute atomic E-state index is 0.184. The zero-order chi connectivity index (χ0) is 12.3. The summed E-state index contributed by atoms with van der Waals surface area (Å²) in [6.45, 7) is 0.444. The van der Waals surface area contributed by atoms with Crippen LogP contribution in [0, 0.1) is 5.82 Å². The minimum atomic E-state index is -0.379. The third-order valence-corrected chi connectivity index (χ3v) is 2.62. The summed E-state index contributed by atoms with van der Waals surface area (Å²) in [7, 11) is 0. The highest BCUT2D eigenvalue weighted by Gasteiger charge is 2.12. The first-order valence-electron chi connectivity index (χ1n) is 5.15. The monoisotopic (exact) mass is 255 g/mol. The van der Waals surface area contributed by atoms with E-state index in [1.165, 1.54) is 6.07 Å². The van der Waals surface area contributed by atoms with Gasteiger partial charge >= 0.3 is 0 Å². The summed E-state index contributed by atoms with van der Waals surface area (Å²) >= 11 is 5.90. The van der Waals surface area contributed by atoms with Crippen molar-refractivity contribution in [3.8, 4) is 0 Å². The molecule has 2 N–H and O–H groups in total. The summed E-state index contributed by atoms with van der Waals surface area (Å²) < 4.78 is 18.5. The number of halogens is 2. The molecule has 0 aliphatic rings. The molecule has 0 radical (unpaired) electrons. The van der Waals surface area contributed by atoms with Crippen LogP contribution in [0.15, 0.2) is 22.7 Å². The molecule has 2 rings (SSSR count). The average molecular weight is 256 g/mol. The lowest BCUT2D eigenvalue weighted by Gasteiger charge is -2.01. The van der Waals surface area contributed by atoms with E-state index < -0.39 is 0 Å². The topological polar surface area (TPSA) is 64.9 Å². The second kappa shape index (κ2) is 5.25. The molecule has 1 aromatic carbocycles. The molecule has 0 saturated carbocycles. The number of nitrogens with zero attached hydrogens (tertiary/aromatic N) is 2. The average Bonchev–Trinajstić information content (AvgIpc) is 2.72. The van der Waals surface area contributed by atoms with Crippen molar-refractivity contribution in [2.45, 2.75) is 12.8 Å². The lowest BCUT2D eigenvalue weighted by atomic mass is 10.1. The third-order valence-electron chi connectivity index (χ3n) is 2.27. The maximum Gasteiger partial charge on any atom is 0.231 e. The van der Waals surface area contributed by atoms with E-state index >= 15 is 0 Å². The zero-order valence-electron chi connectivity index (χ0n) is 8.99. The first-order valence-corrected chi connectivity index (χ1v) is 5.53. The smallest absolute Gasteiger partial charge is 0.231 e. The first kappa shape index (κ1) is 12.0. The molecule has 0 aliphatic heterocycles. The van der Waals surface area contributed by atoms with Crippen LogP contribution in [0.4, 0.5) is 4.39 Å². The van der Waals surface area contributed by atoms with E-state index in [9.17, 15) is 4.39 Å². The Bertz CT molecular complexity index is 495. The van der Waals surface area contributed by atoms with Gasteiger partial charge in [0.05, 0.1) is 6.42 Å². The van der Waals surface area contributed by atoms with Crippen molar-refractivity contribution in [3.05, 3.63) is 46.3 Å². The Morgan fingerprint density at radius 2 is 2.24 bits per heavy atom. The molecule has 0 fully saturated rings. The van der Waals surface area contributed by atoms with E-state index in [1.54, 1.807) is 12.1 Å².